The van der Waals surface area contributed by atoms with E-state index in [2.05, 4.69) is 5.32 Å². The lowest BCUT2D eigenvalue weighted by atomic mass is 10.2. The Hall–Kier alpha value is -2.96. The van der Waals surface area contributed by atoms with Crippen LogP contribution in [0.4, 0.5) is 5.69 Å². The zero-order chi connectivity index (χ0) is 20.8. The molecule has 3 aromatic rings. The molecule has 6 nitrogen and oxygen atoms in total. The first kappa shape index (κ1) is 20.8. The van der Waals surface area contributed by atoms with E-state index in [-0.39, 0.29) is 12.5 Å². The topological polar surface area (TPSA) is 65.1 Å². The van der Waals surface area contributed by atoms with Gasteiger partial charge < -0.3 is 24.1 Å². The Kier molecular flexibility index (Phi) is 6.80. The second-order valence-electron chi connectivity index (χ2n) is 6.70. The van der Waals surface area contributed by atoms with Gasteiger partial charge in [-0.3, -0.25) is 4.79 Å². The van der Waals surface area contributed by atoms with Crippen molar-refractivity contribution in [2.75, 3.05) is 33.1 Å². The number of likely N-dealkylation sites (N-methyl/N-ethyl adjacent to an activating group) is 1. The molecule has 1 heterocycles. The van der Waals surface area contributed by atoms with Gasteiger partial charge in [0.15, 0.2) is 12.3 Å². The highest BCUT2D eigenvalue weighted by molar-refractivity contribution is 6.30. The number of rotatable bonds is 8. The highest BCUT2D eigenvalue weighted by Gasteiger charge is 2.15. The van der Waals surface area contributed by atoms with Gasteiger partial charge in [0, 0.05) is 16.7 Å². The van der Waals surface area contributed by atoms with Crippen LogP contribution in [-0.2, 0) is 11.3 Å². The zero-order valence-corrected chi connectivity index (χ0v) is 17.4. The summed E-state index contributed by atoms with van der Waals surface area (Å²) >= 11 is 5.93. The zero-order valence-electron chi connectivity index (χ0n) is 16.6. The summed E-state index contributed by atoms with van der Waals surface area (Å²) in [7, 11) is 5.07. The number of furan rings is 1. The van der Waals surface area contributed by atoms with E-state index in [9.17, 15) is 4.79 Å². The second kappa shape index (κ2) is 9.49. The van der Waals surface area contributed by atoms with Crippen LogP contribution in [-0.4, -0.2) is 33.7 Å². The van der Waals surface area contributed by atoms with E-state index < -0.39 is 0 Å². The number of hydrogen-bond acceptors (Lipinski definition) is 4. The molecular formula is C22H24ClN2O4+. The molecule has 0 spiro atoms. The number of benzene rings is 2. The molecule has 0 bridgehead atoms. The van der Waals surface area contributed by atoms with Crippen LogP contribution in [0.1, 0.15) is 5.76 Å². The summed E-state index contributed by atoms with van der Waals surface area (Å²) in [6, 6.07) is 16.6. The molecule has 0 aliphatic rings. The van der Waals surface area contributed by atoms with E-state index in [0.29, 0.717) is 28.8 Å². The molecule has 0 aliphatic carbocycles. The summed E-state index contributed by atoms with van der Waals surface area (Å²) in [5.41, 5.74) is 1.57. The Morgan fingerprint density at radius 1 is 1.07 bits per heavy atom. The summed E-state index contributed by atoms with van der Waals surface area (Å²) in [4.78, 5) is 13.4. The van der Waals surface area contributed by atoms with E-state index in [4.69, 9.17) is 25.5 Å². The van der Waals surface area contributed by atoms with Gasteiger partial charge in [-0.25, -0.2) is 0 Å². The van der Waals surface area contributed by atoms with Gasteiger partial charge in [-0.05, 0) is 48.5 Å². The van der Waals surface area contributed by atoms with Crippen molar-refractivity contribution < 1.29 is 23.6 Å². The maximum Gasteiger partial charge on any atom is 0.279 e. The molecule has 2 N–H and O–H groups in total. The maximum atomic E-state index is 12.4. The Morgan fingerprint density at radius 2 is 1.83 bits per heavy atom. The molecule has 7 heteroatoms. The van der Waals surface area contributed by atoms with Crippen molar-refractivity contribution in [3.05, 3.63) is 65.4 Å². The lowest BCUT2D eigenvalue weighted by Gasteiger charge is -2.14. The molecule has 0 fully saturated rings. The van der Waals surface area contributed by atoms with Gasteiger partial charge in [-0.2, -0.15) is 0 Å². The van der Waals surface area contributed by atoms with E-state index in [1.54, 1.807) is 32.4 Å². The van der Waals surface area contributed by atoms with Gasteiger partial charge >= 0.3 is 0 Å². The van der Waals surface area contributed by atoms with E-state index in [1.165, 1.54) is 0 Å². The highest BCUT2D eigenvalue weighted by atomic mass is 35.5. The smallest absolute Gasteiger partial charge is 0.279 e. The molecule has 0 aliphatic heterocycles. The van der Waals surface area contributed by atoms with Crippen molar-refractivity contribution in [3.63, 3.8) is 0 Å². The van der Waals surface area contributed by atoms with E-state index >= 15 is 0 Å². The number of carbonyl (C=O) groups excluding carboxylic acids is 1. The van der Waals surface area contributed by atoms with E-state index in [0.717, 1.165) is 22.0 Å². The third-order valence-electron chi connectivity index (χ3n) is 4.41. The fourth-order valence-electron chi connectivity index (χ4n) is 2.97. The fourth-order valence-corrected chi connectivity index (χ4v) is 3.10. The number of anilines is 1. The minimum absolute atomic E-state index is 0.115. The molecule has 0 saturated heterocycles. The second-order valence-corrected chi connectivity index (χ2v) is 7.13. The SMILES string of the molecule is COc1ccc(NC(=O)C[NH+](C)Cc2ccc(-c3ccc(Cl)cc3)o2)c(OC)c1. The Labute approximate surface area is 175 Å². The Morgan fingerprint density at radius 3 is 2.52 bits per heavy atom. The molecule has 2 aromatic carbocycles. The number of nitrogens with one attached hydrogen (secondary N) is 2. The molecule has 1 aromatic heterocycles. The third kappa shape index (κ3) is 5.53. The average molecular weight is 416 g/mol. The molecule has 1 unspecified atom stereocenters. The fraction of sp³-hybridized carbons (Fsp3) is 0.227. The number of methoxy groups -OCH3 is 2. The number of ether oxygens (including phenoxy) is 2. The molecule has 3 rings (SSSR count). The van der Waals surface area contributed by atoms with Crippen molar-refractivity contribution >= 4 is 23.2 Å². The van der Waals surface area contributed by atoms with Gasteiger partial charge in [0.05, 0.1) is 27.0 Å². The average Bonchev–Trinajstić information content (AvgIpc) is 3.16. The van der Waals surface area contributed by atoms with Crippen LogP contribution in [0.25, 0.3) is 11.3 Å². The molecule has 29 heavy (non-hydrogen) atoms. The number of carbonyl (C=O) groups is 1. The van der Waals surface area contributed by atoms with Crippen LogP contribution in [0, 0.1) is 0 Å². The van der Waals surface area contributed by atoms with Crippen molar-refractivity contribution in [2.45, 2.75) is 6.54 Å². The lowest BCUT2D eigenvalue weighted by Crippen LogP contribution is -3.08. The summed E-state index contributed by atoms with van der Waals surface area (Å²) < 4.78 is 16.4. The highest BCUT2D eigenvalue weighted by Crippen LogP contribution is 2.28. The minimum Gasteiger partial charge on any atom is -0.497 e. The number of halogens is 1. The number of quaternary nitrogens is 1. The first-order valence-electron chi connectivity index (χ1n) is 9.16. The quantitative estimate of drug-likeness (QED) is 0.592. The van der Waals surface area contributed by atoms with Gasteiger partial charge in [-0.1, -0.05) is 11.6 Å². The van der Waals surface area contributed by atoms with Crippen LogP contribution in [0.5, 0.6) is 11.5 Å². The van der Waals surface area contributed by atoms with Crippen molar-refractivity contribution in [2.24, 2.45) is 0 Å². The van der Waals surface area contributed by atoms with Gasteiger partial charge in [0.1, 0.15) is 23.8 Å². The normalized spacial score (nSPS) is 11.7. The molecule has 1 amide bonds. The molecule has 0 radical (unpaired) electrons. The Balaban J connectivity index is 1.57. The molecule has 1 atom stereocenters. The van der Waals surface area contributed by atoms with Gasteiger partial charge in [0.25, 0.3) is 5.91 Å². The molecular weight excluding hydrogens is 392 g/mol. The first-order valence-corrected chi connectivity index (χ1v) is 9.54. The van der Waals surface area contributed by atoms with Crippen molar-refractivity contribution in [3.8, 4) is 22.8 Å². The monoisotopic (exact) mass is 415 g/mol. The van der Waals surface area contributed by atoms with Crippen LogP contribution in [0.3, 0.4) is 0 Å². The number of hydrogen-bond donors (Lipinski definition) is 2. The van der Waals surface area contributed by atoms with Crippen LogP contribution in [0.15, 0.2) is 59.0 Å². The van der Waals surface area contributed by atoms with Crippen molar-refractivity contribution in [1.29, 1.82) is 0 Å². The van der Waals surface area contributed by atoms with Gasteiger partial charge in [-0.15, -0.1) is 0 Å². The van der Waals surface area contributed by atoms with Gasteiger partial charge in [0.2, 0.25) is 0 Å². The maximum absolute atomic E-state index is 12.4. The predicted octanol–water partition coefficient (Wildman–Crippen LogP) is 3.27. The molecule has 152 valence electrons. The third-order valence-corrected chi connectivity index (χ3v) is 4.66. The van der Waals surface area contributed by atoms with Crippen LogP contribution < -0.4 is 19.7 Å². The Bertz CT molecular complexity index is 969. The summed E-state index contributed by atoms with van der Waals surface area (Å²) in [5, 5.41) is 3.57. The first-order chi connectivity index (χ1) is 14.0. The molecule has 0 saturated carbocycles. The van der Waals surface area contributed by atoms with E-state index in [1.807, 2.05) is 43.4 Å². The summed E-state index contributed by atoms with van der Waals surface area (Å²) in [6.45, 7) is 0.868. The predicted molar refractivity (Wildman–Crippen MR) is 113 cm³/mol. The standard InChI is InChI=1S/C22H23ClN2O4/c1-25(13-18-9-11-20(29-18)15-4-6-16(23)7-5-15)14-22(26)24-19-10-8-17(27-2)12-21(19)28-3/h4-12H,13-14H2,1-3H3,(H,24,26)/p+1. The van der Waals surface area contributed by atoms with Crippen LogP contribution in [0.2, 0.25) is 5.02 Å². The van der Waals surface area contributed by atoms with Crippen LogP contribution >= 0.6 is 11.6 Å². The summed E-state index contributed by atoms with van der Waals surface area (Å²) in [5.74, 6) is 2.68. The minimum atomic E-state index is -0.115. The van der Waals surface area contributed by atoms with Crippen molar-refractivity contribution in [1.82, 2.24) is 0 Å². The summed E-state index contributed by atoms with van der Waals surface area (Å²) in [6.07, 6.45) is 0. The number of amides is 1. The lowest BCUT2D eigenvalue weighted by molar-refractivity contribution is -0.886. The largest absolute Gasteiger partial charge is 0.497 e.